The van der Waals surface area contributed by atoms with E-state index in [9.17, 15) is 4.79 Å². The second-order valence-corrected chi connectivity index (χ2v) is 3.13. The van der Waals surface area contributed by atoms with Gasteiger partial charge < -0.3 is 9.47 Å². The Kier molecular flexibility index (Phi) is 3.00. The highest BCUT2D eigenvalue weighted by Crippen LogP contribution is 2.16. The first-order valence-corrected chi connectivity index (χ1v) is 5.00. The maximum Gasteiger partial charge on any atom is 0.515 e. The van der Waals surface area contributed by atoms with Crippen molar-refractivity contribution in [2.45, 2.75) is 6.92 Å². The molecule has 2 rings (SSSR count). The maximum atomic E-state index is 11.1. The summed E-state index contributed by atoms with van der Waals surface area (Å²) in [6.07, 6.45) is -0.731. The summed E-state index contributed by atoms with van der Waals surface area (Å²) in [7, 11) is 0. The Morgan fingerprint density at radius 2 is 2.06 bits per heavy atom. The average Bonchev–Trinajstić information content (AvgIpc) is 2.29. The van der Waals surface area contributed by atoms with Crippen LogP contribution in [0.15, 0.2) is 36.4 Å². The van der Waals surface area contributed by atoms with E-state index in [-0.39, 0.29) is 12.5 Å². The highest BCUT2D eigenvalue weighted by atomic mass is 16.7. The van der Waals surface area contributed by atoms with E-state index in [4.69, 9.17) is 4.74 Å². The molecule has 2 aromatic rings. The van der Waals surface area contributed by atoms with Gasteiger partial charge in [-0.2, -0.15) is 0 Å². The Morgan fingerprint density at radius 1 is 1.25 bits per heavy atom. The SMILES string of the molecule is CCOC(=O)Oc1ccc2ccccc2n1. The van der Waals surface area contributed by atoms with Crippen LogP contribution in [0.4, 0.5) is 4.79 Å². The quantitative estimate of drug-likeness (QED) is 0.726. The molecule has 0 aliphatic heterocycles. The summed E-state index contributed by atoms with van der Waals surface area (Å²) < 4.78 is 9.55. The van der Waals surface area contributed by atoms with Crippen LogP contribution in [0.1, 0.15) is 6.92 Å². The predicted octanol–water partition coefficient (Wildman–Crippen LogP) is 2.77. The molecule has 0 atom stereocenters. The summed E-state index contributed by atoms with van der Waals surface area (Å²) in [5, 5.41) is 0.999. The van der Waals surface area contributed by atoms with Gasteiger partial charge in [-0.1, -0.05) is 18.2 Å². The summed E-state index contributed by atoms with van der Waals surface area (Å²) >= 11 is 0. The van der Waals surface area contributed by atoms with Crippen molar-refractivity contribution in [2.75, 3.05) is 6.61 Å². The van der Waals surface area contributed by atoms with E-state index in [0.29, 0.717) is 0 Å². The van der Waals surface area contributed by atoms with Crippen LogP contribution < -0.4 is 4.74 Å². The van der Waals surface area contributed by atoms with Gasteiger partial charge in [0.15, 0.2) is 0 Å². The van der Waals surface area contributed by atoms with Gasteiger partial charge in [-0.3, -0.25) is 0 Å². The Hall–Kier alpha value is -2.10. The minimum absolute atomic E-state index is 0.247. The first-order chi connectivity index (χ1) is 7.79. The molecule has 0 amide bonds. The highest BCUT2D eigenvalue weighted by molar-refractivity contribution is 5.79. The molecule has 0 saturated carbocycles. The molecule has 0 bridgehead atoms. The number of aromatic nitrogens is 1. The fourth-order valence-electron chi connectivity index (χ4n) is 1.34. The van der Waals surface area contributed by atoms with Gasteiger partial charge in [0.05, 0.1) is 12.1 Å². The van der Waals surface area contributed by atoms with Crippen LogP contribution in [0.2, 0.25) is 0 Å². The molecule has 1 aromatic heterocycles. The van der Waals surface area contributed by atoms with Crippen LogP contribution >= 0.6 is 0 Å². The number of fused-ring (bicyclic) bond motifs is 1. The molecule has 0 saturated heterocycles. The lowest BCUT2D eigenvalue weighted by Gasteiger charge is -2.03. The van der Waals surface area contributed by atoms with Crippen molar-refractivity contribution in [1.29, 1.82) is 0 Å². The average molecular weight is 217 g/mol. The van der Waals surface area contributed by atoms with E-state index in [2.05, 4.69) is 9.72 Å². The largest absolute Gasteiger partial charge is 0.515 e. The number of hydrogen-bond donors (Lipinski definition) is 0. The van der Waals surface area contributed by atoms with E-state index in [1.54, 1.807) is 13.0 Å². The standard InChI is InChI=1S/C12H11NO3/c1-2-15-12(14)16-11-8-7-9-5-3-4-6-10(9)13-11/h3-8H,2H2,1H3. The van der Waals surface area contributed by atoms with Crippen molar-refractivity contribution in [3.63, 3.8) is 0 Å². The minimum Gasteiger partial charge on any atom is -0.434 e. The van der Waals surface area contributed by atoms with E-state index < -0.39 is 6.16 Å². The number of rotatable bonds is 2. The molecule has 0 spiro atoms. The van der Waals surface area contributed by atoms with Crippen LogP contribution in [0.3, 0.4) is 0 Å². The zero-order valence-corrected chi connectivity index (χ0v) is 8.84. The second kappa shape index (κ2) is 4.61. The van der Waals surface area contributed by atoms with Crippen molar-refractivity contribution in [3.05, 3.63) is 36.4 Å². The molecule has 4 heteroatoms. The third kappa shape index (κ3) is 2.28. The minimum atomic E-state index is -0.731. The number of nitrogens with zero attached hydrogens (tertiary/aromatic N) is 1. The molecular weight excluding hydrogens is 206 g/mol. The van der Waals surface area contributed by atoms with Gasteiger partial charge in [0, 0.05) is 11.5 Å². The normalized spacial score (nSPS) is 10.1. The second-order valence-electron chi connectivity index (χ2n) is 3.13. The monoisotopic (exact) mass is 217 g/mol. The molecule has 0 N–H and O–H groups in total. The first kappa shape index (κ1) is 10.4. The molecule has 4 nitrogen and oxygen atoms in total. The molecule has 1 aromatic carbocycles. The van der Waals surface area contributed by atoms with Crippen molar-refractivity contribution in [2.24, 2.45) is 0 Å². The van der Waals surface area contributed by atoms with Crippen LogP contribution in [-0.2, 0) is 4.74 Å². The van der Waals surface area contributed by atoms with Crippen LogP contribution in [0.5, 0.6) is 5.88 Å². The number of carbonyl (C=O) groups excluding carboxylic acids is 1. The van der Waals surface area contributed by atoms with E-state index in [1.165, 1.54) is 0 Å². The topological polar surface area (TPSA) is 48.4 Å². The summed E-state index contributed by atoms with van der Waals surface area (Å²) in [5.74, 6) is 0.247. The van der Waals surface area contributed by atoms with Crippen molar-refractivity contribution >= 4 is 17.1 Å². The fraction of sp³-hybridized carbons (Fsp3) is 0.167. The Bertz CT molecular complexity index is 510. The van der Waals surface area contributed by atoms with Gasteiger partial charge in [-0.05, 0) is 19.1 Å². The van der Waals surface area contributed by atoms with Gasteiger partial charge in [0.2, 0.25) is 5.88 Å². The summed E-state index contributed by atoms with van der Waals surface area (Å²) in [5.41, 5.74) is 0.782. The summed E-state index contributed by atoms with van der Waals surface area (Å²) in [4.78, 5) is 15.2. The molecule has 0 unspecified atom stereocenters. The highest BCUT2D eigenvalue weighted by Gasteiger charge is 2.06. The Labute approximate surface area is 92.8 Å². The number of para-hydroxylation sites is 1. The van der Waals surface area contributed by atoms with Gasteiger partial charge in [0.25, 0.3) is 0 Å². The molecule has 1 heterocycles. The number of hydrogen-bond acceptors (Lipinski definition) is 4. The summed E-state index contributed by atoms with van der Waals surface area (Å²) in [6, 6.07) is 11.1. The van der Waals surface area contributed by atoms with E-state index in [0.717, 1.165) is 10.9 Å². The molecule has 0 fully saturated rings. The number of benzene rings is 1. The lowest BCUT2D eigenvalue weighted by atomic mass is 10.2. The van der Waals surface area contributed by atoms with Gasteiger partial charge >= 0.3 is 6.16 Å². The third-order valence-electron chi connectivity index (χ3n) is 2.02. The van der Waals surface area contributed by atoms with Crippen molar-refractivity contribution in [3.8, 4) is 5.88 Å². The van der Waals surface area contributed by atoms with Gasteiger partial charge in [-0.25, -0.2) is 9.78 Å². The molecule has 82 valence electrons. The molecule has 0 aliphatic rings. The van der Waals surface area contributed by atoms with Crippen molar-refractivity contribution in [1.82, 2.24) is 4.98 Å². The number of carbonyl (C=O) groups is 1. The molecular formula is C12H11NO3. The third-order valence-corrected chi connectivity index (χ3v) is 2.02. The number of pyridine rings is 1. The lowest BCUT2D eigenvalue weighted by Crippen LogP contribution is -2.10. The molecule has 16 heavy (non-hydrogen) atoms. The maximum absolute atomic E-state index is 11.1. The first-order valence-electron chi connectivity index (χ1n) is 5.00. The Morgan fingerprint density at radius 3 is 2.88 bits per heavy atom. The summed E-state index contributed by atoms with van der Waals surface area (Å²) in [6.45, 7) is 2.00. The van der Waals surface area contributed by atoms with Gasteiger partial charge in [0.1, 0.15) is 0 Å². The molecule has 0 radical (unpaired) electrons. The zero-order valence-electron chi connectivity index (χ0n) is 8.84. The molecule has 0 aliphatic carbocycles. The fourth-order valence-corrected chi connectivity index (χ4v) is 1.34. The van der Waals surface area contributed by atoms with E-state index in [1.807, 2.05) is 30.3 Å². The smallest absolute Gasteiger partial charge is 0.434 e. The van der Waals surface area contributed by atoms with Crippen LogP contribution in [0.25, 0.3) is 10.9 Å². The van der Waals surface area contributed by atoms with Crippen LogP contribution in [0, 0.1) is 0 Å². The van der Waals surface area contributed by atoms with E-state index >= 15 is 0 Å². The zero-order chi connectivity index (χ0) is 11.4. The lowest BCUT2D eigenvalue weighted by molar-refractivity contribution is 0.103. The van der Waals surface area contributed by atoms with Crippen LogP contribution in [-0.4, -0.2) is 17.7 Å². The predicted molar refractivity (Wildman–Crippen MR) is 59.4 cm³/mol. The van der Waals surface area contributed by atoms with Crippen molar-refractivity contribution < 1.29 is 14.3 Å². The van der Waals surface area contributed by atoms with Gasteiger partial charge in [-0.15, -0.1) is 0 Å². The Balaban J connectivity index is 2.22. The number of ether oxygens (including phenoxy) is 2.